The average molecular weight is 433 g/mol. The van der Waals surface area contributed by atoms with Crippen molar-refractivity contribution in [3.05, 3.63) is 29.8 Å². The van der Waals surface area contributed by atoms with Crippen molar-refractivity contribution in [2.24, 2.45) is 11.1 Å². The number of benzene rings is 1. The molecule has 8 heteroatoms. The van der Waals surface area contributed by atoms with E-state index in [-0.39, 0.29) is 30.2 Å². The lowest BCUT2D eigenvalue weighted by atomic mass is 9.54. The van der Waals surface area contributed by atoms with Crippen molar-refractivity contribution in [3.63, 3.8) is 0 Å². The fourth-order valence-electron chi connectivity index (χ4n) is 3.24. The number of hydrogen-bond donors (Lipinski definition) is 2. The van der Waals surface area contributed by atoms with Gasteiger partial charge < -0.3 is 15.8 Å². The zero-order valence-electron chi connectivity index (χ0n) is 17.5. The van der Waals surface area contributed by atoms with Crippen molar-refractivity contribution in [2.75, 3.05) is 11.9 Å². The maximum atomic E-state index is 12.8. The van der Waals surface area contributed by atoms with E-state index < -0.39 is 25.5 Å². The molecule has 1 fully saturated rings. The quantitative estimate of drug-likeness (QED) is 0.718. The van der Waals surface area contributed by atoms with Crippen molar-refractivity contribution >= 4 is 33.8 Å². The molecule has 6 nitrogen and oxygen atoms in total. The number of amides is 1. The van der Waals surface area contributed by atoms with Crippen LogP contribution < -0.4 is 11.1 Å². The van der Waals surface area contributed by atoms with Gasteiger partial charge in [0.1, 0.15) is 5.54 Å². The highest BCUT2D eigenvalue weighted by Gasteiger charge is 2.62. The standard InChI is InChI=1S/C20H32N2O4S.ClH/c1-7-26-16-12-20(21,19(16,5)6)17(23)22-15-10-8-9-14(11-15)13-27(24,25)18(2,3)4;/h8-11,16H,7,12-13,21H2,1-6H3,(H,22,23);1H. The molecular weight excluding hydrogens is 400 g/mol. The van der Waals surface area contributed by atoms with Crippen LogP contribution in [0, 0.1) is 5.41 Å². The number of hydrogen-bond acceptors (Lipinski definition) is 5. The summed E-state index contributed by atoms with van der Waals surface area (Å²) in [7, 11) is -3.30. The second kappa shape index (κ2) is 8.30. The number of carbonyl (C=O) groups excluding carboxylic acids is 1. The lowest BCUT2D eigenvalue weighted by molar-refractivity contribution is -0.166. The van der Waals surface area contributed by atoms with Crippen molar-refractivity contribution < 1.29 is 17.9 Å². The van der Waals surface area contributed by atoms with Gasteiger partial charge in [0.25, 0.3) is 0 Å². The molecule has 0 aromatic heterocycles. The molecule has 2 rings (SSSR count). The molecule has 0 radical (unpaired) electrons. The van der Waals surface area contributed by atoms with Crippen molar-refractivity contribution in [3.8, 4) is 0 Å². The van der Waals surface area contributed by atoms with Gasteiger partial charge in [0.05, 0.1) is 16.6 Å². The molecule has 0 spiro atoms. The summed E-state index contributed by atoms with van der Waals surface area (Å²) in [5.74, 6) is -0.356. The summed E-state index contributed by atoms with van der Waals surface area (Å²) in [5, 5.41) is 2.85. The molecule has 0 heterocycles. The molecular formula is C20H33ClN2O4S. The molecule has 0 bridgehead atoms. The van der Waals surface area contributed by atoms with Gasteiger partial charge in [-0.15, -0.1) is 12.4 Å². The summed E-state index contributed by atoms with van der Waals surface area (Å²) in [5.41, 5.74) is 6.07. The Hall–Kier alpha value is -1.15. The Morgan fingerprint density at radius 1 is 1.32 bits per heavy atom. The number of halogens is 1. The van der Waals surface area contributed by atoms with Gasteiger partial charge in [0.2, 0.25) is 5.91 Å². The molecule has 0 saturated heterocycles. The molecule has 1 saturated carbocycles. The van der Waals surface area contributed by atoms with E-state index in [9.17, 15) is 13.2 Å². The van der Waals surface area contributed by atoms with Gasteiger partial charge in [-0.1, -0.05) is 26.0 Å². The predicted molar refractivity (Wildman–Crippen MR) is 115 cm³/mol. The molecule has 2 atom stereocenters. The summed E-state index contributed by atoms with van der Waals surface area (Å²) in [6.45, 7) is 11.4. The van der Waals surface area contributed by atoms with Gasteiger partial charge in [-0.05, 0) is 45.4 Å². The minimum Gasteiger partial charge on any atom is -0.378 e. The molecule has 28 heavy (non-hydrogen) atoms. The molecule has 2 unspecified atom stereocenters. The Morgan fingerprint density at radius 3 is 2.43 bits per heavy atom. The molecule has 1 amide bonds. The lowest BCUT2D eigenvalue weighted by Crippen LogP contribution is -2.74. The van der Waals surface area contributed by atoms with Gasteiger partial charge in [-0.3, -0.25) is 4.79 Å². The van der Waals surface area contributed by atoms with Crippen LogP contribution in [0.3, 0.4) is 0 Å². The van der Waals surface area contributed by atoms with Crippen molar-refractivity contribution in [1.29, 1.82) is 0 Å². The fraction of sp³-hybridized carbons (Fsp3) is 0.650. The first-order valence-electron chi connectivity index (χ1n) is 9.28. The number of nitrogens with one attached hydrogen (secondary N) is 1. The second-order valence-corrected chi connectivity index (χ2v) is 11.6. The highest BCUT2D eigenvalue weighted by atomic mass is 35.5. The summed E-state index contributed by atoms with van der Waals surface area (Å²) >= 11 is 0. The van der Waals surface area contributed by atoms with Gasteiger partial charge in [0, 0.05) is 24.1 Å². The molecule has 1 aliphatic carbocycles. The van der Waals surface area contributed by atoms with Crippen LogP contribution in [0.2, 0.25) is 0 Å². The Labute approximate surface area is 174 Å². The maximum Gasteiger partial charge on any atom is 0.245 e. The molecule has 160 valence electrons. The van der Waals surface area contributed by atoms with E-state index in [1.165, 1.54) is 0 Å². The Morgan fingerprint density at radius 2 is 1.93 bits per heavy atom. The first-order valence-corrected chi connectivity index (χ1v) is 10.9. The second-order valence-electron chi connectivity index (χ2n) is 8.87. The third kappa shape index (κ3) is 4.53. The summed E-state index contributed by atoms with van der Waals surface area (Å²) in [4.78, 5) is 12.8. The molecule has 0 aliphatic heterocycles. The van der Waals surface area contributed by atoms with Crippen LogP contribution in [0.25, 0.3) is 0 Å². The minimum atomic E-state index is -3.30. The molecule has 1 aliphatic rings. The topological polar surface area (TPSA) is 98.5 Å². The Kier molecular flexibility index (Phi) is 7.38. The molecule has 1 aromatic carbocycles. The number of rotatable bonds is 6. The van der Waals surface area contributed by atoms with Crippen molar-refractivity contribution in [2.45, 2.75) is 70.1 Å². The molecule has 3 N–H and O–H groups in total. The van der Waals surface area contributed by atoms with E-state index >= 15 is 0 Å². The van der Waals surface area contributed by atoms with Gasteiger partial charge in [0.15, 0.2) is 9.84 Å². The van der Waals surface area contributed by atoms with Gasteiger partial charge in [-0.25, -0.2) is 8.42 Å². The zero-order chi connectivity index (χ0) is 20.7. The number of carbonyl (C=O) groups is 1. The first-order chi connectivity index (χ1) is 12.2. The number of nitrogens with two attached hydrogens (primary N) is 1. The van der Waals surface area contributed by atoms with E-state index in [4.69, 9.17) is 10.5 Å². The third-order valence-electron chi connectivity index (χ3n) is 5.71. The summed E-state index contributed by atoms with van der Waals surface area (Å²) in [6, 6.07) is 6.91. The highest BCUT2D eigenvalue weighted by molar-refractivity contribution is 7.91. The van der Waals surface area contributed by atoms with Crippen LogP contribution in [0.4, 0.5) is 5.69 Å². The van der Waals surface area contributed by atoms with Gasteiger partial charge >= 0.3 is 0 Å². The van der Waals surface area contributed by atoms with E-state index in [1.54, 1.807) is 45.0 Å². The van der Waals surface area contributed by atoms with E-state index in [1.807, 2.05) is 20.8 Å². The van der Waals surface area contributed by atoms with E-state index in [2.05, 4.69) is 5.32 Å². The van der Waals surface area contributed by atoms with E-state index in [0.29, 0.717) is 24.3 Å². The smallest absolute Gasteiger partial charge is 0.245 e. The highest BCUT2D eigenvalue weighted by Crippen LogP contribution is 2.50. The maximum absolute atomic E-state index is 12.8. The number of anilines is 1. The SMILES string of the molecule is CCOC1CC(N)(C(=O)Nc2cccc(CS(=O)(=O)C(C)(C)C)c2)C1(C)C.Cl. The zero-order valence-corrected chi connectivity index (χ0v) is 19.2. The van der Waals surface area contributed by atoms with Gasteiger partial charge in [-0.2, -0.15) is 0 Å². The minimum absolute atomic E-state index is 0. The molecule has 1 aromatic rings. The first kappa shape index (κ1) is 24.9. The van der Waals surface area contributed by atoms with Crippen LogP contribution in [0.1, 0.15) is 53.5 Å². The van der Waals surface area contributed by atoms with Crippen LogP contribution in [0.5, 0.6) is 0 Å². The number of ether oxygens (including phenoxy) is 1. The predicted octanol–water partition coefficient (Wildman–Crippen LogP) is 3.29. The Bertz CT molecular complexity index is 818. The normalized spacial score (nSPS) is 24.0. The van der Waals surface area contributed by atoms with Crippen LogP contribution in [-0.2, 0) is 25.1 Å². The summed E-state index contributed by atoms with van der Waals surface area (Å²) < 4.78 is 29.7. The number of sulfone groups is 1. The average Bonchev–Trinajstić information content (AvgIpc) is 2.53. The lowest BCUT2D eigenvalue weighted by Gasteiger charge is -2.57. The fourth-order valence-corrected chi connectivity index (χ4v) is 4.29. The van der Waals surface area contributed by atoms with E-state index in [0.717, 1.165) is 0 Å². The van der Waals surface area contributed by atoms with Crippen LogP contribution in [-0.4, -0.2) is 37.3 Å². The monoisotopic (exact) mass is 432 g/mol. The third-order valence-corrected chi connectivity index (χ3v) is 8.29. The largest absolute Gasteiger partial charge is 0.378 e. The Balaban J connectivity index is 0.00000392. The van der Waals surface area contributed by atoms with Crippen molar-refractivity contribution in [1.82, 2.24) is 0 Å². The summed E-state index contributed by atoms with van der Waals surface area (Å²) in [6.07, 6.45) is 0.402. The van der Waals surface area contributed by atoms with Crippen LogP contribution in [0.15, 0.2) is 24.3 Å². The van der Waals surface area contributed by atoms with Crippen LogP contribution >= 0.6 is 12.4 Å².